The zero-order chi connectivity index (χ0) is 15.3. The summed E-state index contributed by atoms with van der Waals surface area (Å²) in [7, 11) is 0. The fourth-order valence-corrected chi connectivity index (χ4v) is 1.85. The molecule has 0 spiro atoms. The van der Waals surface area contributed by atoms with Gasteiger partial charge in [-0.15, -0.1) is 0 Å². The van der Waals surface area contributed by atoms with Gasteiger partial charge in [-0.25, -0.2) is 0 Å². The molecule has 0 saturated carbocycles. The number of nitrogens with two attached hydrogens (primary N) is 2. The average molecular weight is 279 g/mol. The number of hydrogen-bond donors (Lipinski definition) is 4. The van der Waals surface area contributed by atoms with Crippen molar-refractivity contribution in [3.05, 3.63) is 29.8 Å². The standard InChI is InChI=1S/C14H21N3O3/c1-8(2)7-11(15)14(20)17-12(13(16)19)9-3-5-10(18)6-4-9/h3-6,8,11-12,18H,7,15H2,1-2H3,(H2,16,19)(H,17,20)/t11-,12+/m0/s1. The van der Waals surface area contributed by atoms with Crippen molar-refractivity contribution in [1.82, 2.24) is 5.32 Å². The van der Waals surface area contributed by atoms with E-state index in [0.717, 1.165) is 0 Å². The van der Waals surface area contributed by atoms with Gasteiger partial charge in [-0.2, -0.15) is 0 Å². The molecular formula is C14H21N3O3. The molecule has 0 aliphatic heterocycles. The lowest BCUT2D eigenvalue weighted by Gasteiger charge is -2.19. The van der Waals surface area contributed by atoms with E-state index in [4.69, 9.17) is 11.5 Å². The fraction of sp³-hybridized carbons (Fsp3) is 0.429. The number of phenolic OH excluding ortho intramolecular Hbond substituents is 1. The smallest absolute Gasteiger partial charge is 0.244 e. The van der Waals surface area contributed by atoms with E-state index in [1.807, 2.05) is 13.8 Å². The van der Waals surface area contributed by atoms with Crippen LogP contribution < -0.4 is 16.8 Å². The fourth-order valence-electron chi connectivity index (χ4n) is 1.85. The third-order valence-corrected chi connectivity index (χ3v) is 2.86. The second-order valence-electron chi connectivity index (χ2n) is 5.17. The SMILES string of the molecule is CC(C)C[C@H](N)C(=O)N[C@@H](C(N)=O)c1ccc(O)cc1. The summed E-state index contributed by atoms with van der Waals surface area (Å²) in [5.74, 6) is -0.757. The second kappa shape index (κ2) is 6.91. The van der Waals surface area contributed by atoms with Crippen molar-refractivity contribution >= 4 is 11.8 Å². The highest BCUT2D eigenvalue weighted by Crippen LogP contribution is 2.17. The number of rotatable bonds is 6. The summed E-state index contributed by atoms with van der Waals surface area (Å²) in [6, 6.07) is 4.25. The maximum absolute atomic E-state index is 11.9. The molecular weight excluding hydrogens is 258 g/mol. The van der Waals surface area contributed by atoms with Gasteiger partial charge in [0.2, 0.25) is 11.8 Å². The van der Waals surface area contributed by atoms with E-state index in [0.29, 0.717) is 12.0 Å². The minimum atomic E-state index is -0.957. The van der Waals surface area contributed by atoms with E-state index in [9.17, 15) is 14.7 Å². The van der Waals surface area contributed by atoms with Crippen LogP contribution in [-0.2, 0) is 9.59 Å². The van der Waals surface area contributed by atoms with Crippen LogP contribution in [0.1, 0.15) is 31.9 Å². The van der Waals surface area contributed by atoms with Gasteiger partial charge in [-0.1, -0.05) is 26.0 Å². The molecule has 0 unspecified atom stereocenters. The van der Waals surface area contributed by atoms with Crippen molar-refractivity contribution in [2.24, 2.45) is 17.4 Å². The number of benzene rings is 1. The molecule has 0 radical (unpaired) electrons. The summed E-state index contributed by atoms with van der Waals surface area (Å²) in [5, 5.41) is 11.8. The Bertz CT molecular complexity index is 471. The molecule has 1 rings (SSSR count). The van der Waals surface area contributed by atoms with Crippen LogP contribution in [0.4, 0.5) is 0 Å². The summed E-state index contributed by atoms with van der Waals surface area (Å²) in [4.78, 5) is 23.4. The van der Waals surface area contributed by atoms with E-state index < -0.39 is 23.9 Å². The third-order valence-electron chi connectivity index (χ3n) is 2.86. The van der Waals surface area contributed by atoms with E-state index in [-0.39, 0.29) is 11.7 Å². The Balaban J connectivity index is 2.80. The summed E-state index contributed by atoms with van der Waals surface area (Å²) in [5.41, 5.74) is 11.6. The largest absolute Gasteiger partial charge is 0.508 e. The van der Waals surface area contributed by atoms with Crippen molar-refractivity contribution in [3.63, 3.8) is 0 Å². The Kier molecular flexibility index (Phi) is 5.52. The third kappa shape index (κ3) is 4.55. The van der Waals surface area contributed by atoms with Crippen LogP contribution in [0.25, 0.3) is 0 Å². The lowest BCUT2D eigenvalue weighted by Crippen LogP contribution is -2.46. The molecule has 6 nitrogen and oxygen atoms in total. The number of nitrogens with one attached hydrogen (secondary N) is 1. The number of aromatic hydroxyl groups is 1. The highest BCUT2D eigenvalue weighted by atomic mass is 16.3. The van der Waals surface area contributed by atoms with Crippen LogP contribution in [0.15, 0.2) is 24.3 Å². The van der Waals surface area contributed by atoms with E-state index in [1.54, 1.807) is 0 Å². The monoisotopic (exact) mass is 279 g/mol. The van der Waals surface area contributed by atoms with Crippen molar-refractivity contribution in [1.29, 1.82) is 0 Å². The highest BCUT2D eigenvalue weighted by molar-refractivity contribution is 5.89. The lowest BCUT2D eigenvalue weighted by molar-refractivity contribution is -0.128. The minimum absolute atomic E-state index is 0.0693. The topological polar surface area (TPSA) is 118 Å². The predicted molar refractivity (Wildman–Crippen MR) is 75.6 cm³/mol. The first kappa shape index (κ1) is 16.0. The molecule has 2 amide bonds. The van der Waals surface area contributed by atoms with Gasteiger partial charge in [0.25, 0.3) is 0 Å². The van der Waals surface area contributed by atoms with Gasteiger partial charge in [0.1, 0.15) is 11.8 Å². The molecule has 0 aliphatic carbocycles. The number of amides is 2. The minimum Gasteiger partial charge on any atom is -0.508 e. The van der Waals surface area contributed by atoms with Crippen molar-refractivity contribution in [2.45, 2.75) is 32.4 Å². The second-order valence-corrected chi connectivity index (χ2v) is 5.17. The summed E-state index contributed by atoms with van der Waals surface area (Å²) >= 11 is 0. The molecule has 6 heteroatoms. The molecule has 110 valence electrons. The Hall–Kier alpha value is -2.08. The number of primary amides is 1. The molecule has 0 bridgehead atoms. The number of hydrogen-bond acceptors (Lipinski definition) is 4. The Morgan fingerprint density at radius 1 is 1.25 bits per heavy atom. The van der Waals surface area contributed by atoms with Gasteiger partial charge in [0.05, 0.1) is 6.04 Å². The molecule has 2 atom stereocenters. The Labute approximate surface area is 118 Å². The normalized spacial score (nSPS) is 13.8. The van der Waals surface area contributed by atoms with Crippen LogP contribution in [0, 0.1) is 5.92 Å². The molecule has 1 aromatic carbocycles. The van der Waals surface area contributed by atoms with Gasteiger partial charge < -0.3 is 21.9 Å². The first-order chi connectivity index (χ1) is 9.31. The summed E-state index contributed by atoms with van der Waals surface area (Å²) in [6.45, 7) is 3.91. The average Bonchev–Trinajstić information content (AvgIpc) is 2.35. The molecule has 0 fully saturated rings. The van der Waals surface area contributed by atoms with Gasteiger partial charge in [-0.05, 0) is 30.0 Å². The summed E-state index contributed by atoms with van der Waals surface area (Å²) < 4.78 is 0. The highest BCUT2D eigenvalue weighted by Gasteiger charge is 2.23. The van der Waals surface area contributed by atoms with Crippen molar-refractivity contribution in [2.75, 3.05) is 0 Å². The van der Waals surface area contributed by atoms with Gasteiger partial charge >= 0.3 is 0 Å². The molecule has 0 heterocycles. The number of phenols is 1. The number of carbonyl (C=O) groups excluding carboxylic acids is 2. The predicted octanol–water partition coefficient (Wildman–Crippen LogP) is 0.408. The quantitative estimate of drug-likeness (QED) is 0.603. The molecule has 20 heavy (non-hydrogen) atoms. The van der Waals surface area contributed by atoms with Crippen LogP contribution >= 0.6 is 0 Å². The molecule has 0 aliphatic rings. The molecule has 1 aromatic rings. The maximum atomic E-state index is 11.9. The van der Waals surface area contributed by atoms with E-state index in [2.05, 4.69) is 5.32 Å². The van der Waals surface area contributed by atoms with Gasteiger partial charge in [0, 0.05) is 0 Å². The summed E-state index contributed by atoms with van der Waals surface area (Å²) in [6.07, 6.45) is 0.521. The van der Waals surface area contributed by atoms with Crippen LogP contribution in [-0.4, -0.2) is 23.0 Å². The zero-order valence-electron chi connectivity index (χ0n) is 11.7. The number of carbonyl (C=O) groups is 2. The first-order valence-corrected chi connectivity index (χ1v) is 6.45. The Morgan fingerprint density at radius 2 is 1.80 bits per heavy atom. The van der Waals surface area contributed by atoms with E-state index in [1.165, 1.54) is 24.3 Å². The maximum Gasteiger partial charge on any atom is 0.244 e. The van der Waals surface area contributed by atoms with Crippen LogP contribution in [0.3, 0.4) is 0 Å². The first-order valence-electron chi connectivity index (χ1n) is 6.45. The van der Waals surface area contributed by atoms with Crippen LogP contribution in [0.2, 0.25) is 0 Å². The van der Waals surface area contributed by atoms with Crippen LogP contribution in [0.5, 0.6) is 5.75 Å². The van der Waals surface area contributed by atoms with Gasteiger partial charge in [0.15, 0.2) is 0 Å². The molecule has 6 N–H and O–H groups in total. The molecule has 0 aromatic heterocycles. The zero-order valence-corrected chi connectivity index (χ0v) is 11.7. The van der Waals surface area contributed by atoms with E-state index >= 15 is 0 Å². The van der Waals surface area contributed by atoms with Crippen molar-refractivity contribution in [3.8, 4) is 5.75 Å². The lowest BCUT2D eigenvalue weighted by atomic mass is 10.0. The Morgan fingerprint density at radius 3 is 2.25 bits per heavy atom. The van der Waals surface area contributed by atoms with Gasteiger partial charge in [-0.3, -0.25) is 9.59 Å². The van der Waals surface area contributed by atoms with Crippen molar-refractivity contribution < 1.29 is 14.7 Å². The molecule has 0 saturated heterocycles.